The first-order valence-corrected chi connectivity index (χ1v) is 4.46. The maximum Gasteiger partial charge on any atom is 0.0886 e. The van der Waals surface area contributed by atoms with Crippen molar-refractivity contribution >= 4 is 12.4 Å². The van der Waals surface area contributed by atoms with Crippen molar-refractivity contribution in [2.24, 2.45) is 9.98 Å². The van der Waals surface area contributed by atoms with Gasteiger partial charge in [-0.15, -0.1) is 0 Å². The summed E-state index contributed by atoms with van der Waals surface area (Å²) in [6, 6.07) is 0. The molecule has 0 aliphatic carbocycles. The zero-order valence-corrected chi connectivity index (χ0v) is 7.67. The molecule has 2 heterocycles. The molecule has 0 aromatic rings. The van der Waals surface area contributed by atoms with Crippen molar-refractivity contribution < 1.29 is 0 Å². The van der Waals surface area contributed by atoms with Gasteiger partial charge in [0, 0.05) is 12.4 Å². The van der Waals surface area contributed by atoms with Gasteiger partial charge in [0.1, 0.15) is 0 Å². The quantitative estimate of drug-likeness (QED) is 0.550. The fourth-order valence-electron chi connectivity index (χ4n) is 1.16. The van der Waals surface area contributed by atoms with Crippen molar-refractivity contribution in [2.75, 3.05) is 0 Å². The summed E-state index contributed by atoms with van der Waals surface area (Å²) in [6.07, 6.45) is 19.0. The van der Waals surface area contributed by atoms with Crippen LogP contribution in [0.15, 0.2) is 70.0 Å². The van der Waals surface area contributed by atoms with E-state index < -0.39 is 0 Å². The summed E-state index contributed by atoms with van der Waals surface area (Å²) in [7, 11) is 0. The molecule has 0 radical (unpaired) electrons. The molecule has 0 fully saturated rings. The molecule has 2 aliphatic heterocycles. The van der Waals surface area contributed by atoms with E-state index in [0.717, 1.165) is 11.4 Å². The van der Waals surface area contributed by atoms with Gasteiger partial charge in [-0.2, -0.15) is 0 Å². The molecule has 2 aliphatic rings. The maximum atomic E-state index is 4.28. The third kappa shape index (κ3) is 2.04. The average molecular weight is 182 g/mol. The molecule has 0 amide bonds. The summed E-state index contributed by atoms with van der Waals surface area (Å²) in [5.74, 6) is 0. The van der Waals surface area contributed by atoms with E-state index in [0.29, 0.717) is 0 Å². The first kappa shape index (κ1) is 8.63. The first-order chi connectivity index (χ1) is 6.97. The van der Waals surface area contributed by atoms with Crippen molar-refractivity contribution in [3.63, 3.8) is 0 Å². The van der Waals surface area contributed by atoms with E-state index >= 15 is 0 Å². The monoisotopic (exact) mass is 182 g/mol. The second-order valence-electron chi connectivity index (χ2n) is 2.81. The molecule has 0 unspecified atom stereocenters. The number of allylic oxidation sites excluding steroid dienone is 8. The molecule has 0 saturated carbocycles. The number of rotatable bonds is 0. The fraction of sp³-hybridized carbons (Fsp3) is 0. The standard InChI is InChI=1S/C12H10N2/c1-3-7-11(13-9-5-1)12-8-4-2-6-10-14-12/h1-10H/b12-11+. The van der Waals surface area contributed by atoms with Gasteiger partial charge in [-0.25, -0.2) is 0 Å². The summed E-state index contributed by atoms with van der Waals surface area (Å²) < 4.78 is 0. The number of nitrogens with zero attached hydrogens (tertiary/aromatic N) is 2. The van der Waals surface area contributed by atoms with E-state index in [2.05, 4.69) is 9.98 Å². The van der Waals surface area contributed by atoms with Crippen LogP contribution in [0.2, 0.25) is 0 Å². The zero-order valence-electron chi connectivity index (χ0n) is 7.67. The lowest BCUT2D eigenvalue weighted by molar-refractivity contribution is 1.29. The average Bonchev–Trinajstić information content (AvgIpc) is 2.62. The van der Waals surface area contributed by atoms with Crippen LogP contribution in [0.25, 0.3) is 0 Å². The highest BCUT2D eigenvalue weighted by Gasteiger charge is 1.98. The van der Waals surface area contributed by atoms with Crippen LogP contribution in [0.3, 0.4) is 0 Å². The van der Waals surface area contributed by atoms with Gasteiger partial charge in [0.05, 0.1) is 11.4 Å². The highest BCUT2D eigenvalue weighted by Crippen LogP contribution is 2.13. The van der Waals surface area contributed by atoms with E-state index in [1.54, 1.807) is 12.4 Å². The molecule has 14 heavy (non-hydrogen) atoms. The molecule has 2 heteroatoms. The molecule has 2 nitrogen and oxygen atoms in total. The molecule has 0 atom stereocenters. The Kier molecular flexibility index (Phi) is 2.67. The normalized spacial score (nSPS) is 24.0. The first-order valence-electron chi connectivity index (χ1n) is 4.46. The second kappa shape index (κ2) is 4.33. The van der Waals surface area contributed by atoms with Crippen LogP contribution >= 0.6 is 0 Å². The van der Waals surface area contributed by atoms with Crippen LogP contribution in [0.5, 0.6) is 0 Å². The van der Waals surface area contributed by atoms with Crippen LogP contribution in [0, 0.1) is 0 Å². The highest BCUT2D eigenvalue weighted by atomic mass is 14.8. The van der Waals surface area contributed by atoms with E-state index in [1.807, 2.05) is 48.6 Å². The van der Waals surface area contributed by atoms with Crippen molar-refractivity contribution in [2.45, 2.75) is 0 Å². The summed E-state index contributed by atoms with van der Waals surface area (Å²) in [5, 5.41) is 0. The summed E-state index contributed by atoms with van der Waals surface area (Å²) in [5.41, 5.74) is 1.76. The molecule has 0 aromatic heterocycles. The number of hydrogen-bond donors (Lipinski definition) is 0. The molecule has 0 saturated heterocycles. The Morgan fingerprint density at radius 3 is 1.57 bits per heavy atom. The predicted octanol–water partition coefficient (Wildman–Crippen LogP) is 2.59. The minimum atomic E-state index is 0.881. The molecule has 2 rings (SSSR count). The number of hydrogen-bond acceptors (Lipinski definition) is 2. The lowest BCUT2D eigenvalue weighted by Crippen LogP contribution is -1.81. The summed E-state index contributed by atoms with van der Waals surface area (Å²) >= 11 is 0. The largest absolute Gasteiger partial charge is 0.255 e. The van der Waals surface area contributed by atoms with Crippen LogP contribution in [-0.4, -0.2) is 12.4 Å². The van der Waals surface area contributed by atoms with Gasteiger partial charge in [0.15, 0.2) is 0 Å². The van der Waals surface area contributed by atoms with Gasteiger partial charge in [0.2, 0.25) is 0 Å². The predicted molar refractivity (Wildman–Crippen MR) is 60.6 cm³/mol. The minimum Gasteiger partial charge on any atom is -0.255 e. The molecular weight excluding hydrogens is 172 g/mol. The van der Waals surface area contributed by atoms with E-state index in [1.165, 1.54) is 0 Å². The topological polar surface area (TPSA) is 24.7 Å². The maximum absolute atomic E-state index is 4.28. The van der Waals surface area contributed by atoms with Crippen molar-refractivity contribution in [3.8, 4) is 0 Å². The van der Waals surface area contributed by atoms with Gasteiger partial charge in [-0.3, -0.25) is 9.98 Å². The van der Waals surface area contributed by atoms with Crippen molar-refractivity contribution in [1.29, 1.82) is 0 Å². The van der Waals surface area contributed by atoms with Crippen LogP contribution in [0.4, 0.5) is 0 Å². The Balaban J connectivity index is 2.39. The number of aliphatic imine (C=N–C) groups is 2. The summed E-state index contributed by atoms with van der Waals surface area (Å²) in [4.78, 5) is 8.55. The van der Waals surface area contributed by atoms with Gasteiger partial charge < -0.3 is 0 Å². The molecule has 0 N–H and O–H groups in total. The van der Waals surface area contributed by atoms with Gasteiger partial charge in [0.25, 0.3) is 0 Å². The Morgan fingerprint density at radius 1 is 0.571 bits per heavy atom. The minimum absolute atomic E-state index is 0.881. The molecular formula is C12H10N2. The molecule has 0 spiro atoms. The highest BCUT2D eigenvalue weighted by molar-refractivity contribution is 5.76. The van der Waals surface area contributed by atoms with Gasteiger partial charge in [-0.05, 0) is 24.3 Å². The Morgan fingerprint density at radius 2 is 1.07 bits per heavy atom. The third-order valence-corrected chi connectivity index (χ3v) is 1.81. The molecule has 0 bridgehead atoms. The van der Waals surface area contributed by atoms with E-state index in [4.69, 9.17) is 0 Å². The lowest BCUT2D eigenvalue weighted by atomic mass is 10.3. The Hall–Kier alpha value is -1.96. The van der Waals surface area contributed by atoms with Crippen molar-refractivity contribution in [1.82, 2.24) is 0 Å². The van der Waals surface area contributed by atoms with Crippen LogP contribution in [-0.2, 0) is 0 Å². The molecule has 68 valence electrons. The summed E-state index contributed by atoms with van der Waals surface area (Å²) in [6.45, 7) is 0. The van der Waals surface area contributed by atoms with Crippen LogP contribution in [0.1, 0.15) is 0 Å². The SMILES string of the molecule is C1=CC=N/C(=C2\C=CC=CC=N2)C=C1. The smallest absolute Gasteiger partial charge is 0.0886 e. The van der Waals surface area contributed by atoms with Gasteiger partial charge >= 0.3 is 0 Å². The second-order valence-corrected chi connectivity index (χ2v) is 2.81. The Labute approximate surface area is 83.1 Å². The zero-order chi connectivity index (χ0) is 9.64. The lowest BCUT2D eigenvalue weighted by Gasteiger charge is -1.96. The van der Waals surface area contributed by atoms with E-state index in [9.17, 15) is 0 Å². The van der Waals surface area contributed by atoms with Gasteiger partial charge in [-0.1, -0.05) is 24.3 Å². The van der Waals surface area contributed by atoms with Crippen molar-refractivity contribution in [3.05, 3.63) is 60.0 Å². The molecule has 0 aromatic carbocycles. The third-order valence-electron chi connectivity index (χ3n) is 1.81. The fourth-order valence-corrected chi connectivity index (χ4v) is 1.16. The van der Waals surface area contributed by atoms with E-state index in [-0.39, 0.29) is 0 Å². The Bertz CT molecular complexity index is 340. The van der Waals surface area contributed by atoms with Crippen LogP contribution < -0.4 is 0 Å².